The molecular formula is C11H20BrN3O2. The molecule has 0 saturated carbocycles. The van der Waals surface area contributed by atoms with Crippen molar-refractivity contribution in [3.63, 3.8) is 0 Å². The third-order valence-electron chi connectivity index (χ3n) is 2.88. The highest BCUT2D eigenvalue weighted by Crippen LogP contribution is 2.08. The Morgan fingerprint density at radius 1 is 1.24 bits per heavy atom. The highest BCUT2D eigenvalue weighted by Gasteiger charge is 2.24. The second kappa shape index (κ2) is 6.35. The number of nitrogens with zero attached hydrogens (tertiary/aromatic N) is 3. The normalized spacial score (nSPS) is 18.9. The second-order valence-electron chi connectivity index (χ2n) is 4.51. The average Bonchev–Trinajstić information content (AvgIpc) is 2.28. The SMILES string of the molecule is CC(Br)C(=O)N1CCN(CC(=O)N(C)C)CC1. The summed E-state index contributed by atoms with van der Waals surface area (Å²) in [5.41, 5.74) is 0. The van der Waals surface area contributed by atoms with Crippen molar-refractivity contribution in [1.82, 2.24) is 14.7 Å². The van der Waals surface area contributed by atoms with E-state index < -0.39 is 0 Å². The van der Waals surface area contributed by atoms with Gasteiger partial charge in [-0.25, -0.2) is 0 Å². The van der Waals surface area contributed by atoms with Crippen molar-refractivity contribution >= 4 is 27.7 Å². The number of amides is 2. The Bertz CT molecular complexity index is 286. The van der Waals surface area contributed by atoms with Crippen molar-refractivity contribution in [2.45, 2.75) is 11.8 Å². The van der Waals surface area contributed by atoms with E-state index in [0.717, 1.165) is 13.1 Å². The molecule has 1 heterocycles. The first-order chi connectivity index (χ1) is 7.91. The van der Waals surface area contributed by atoms with Crippen molar-refractivity contribution in [1.29, 1.82) is 0 Å². The van der Waals surface area contributed by atoms with Crippen LogP contribution >= 0.6 is 15.9 Å². The van der Waals surface area contributed by atoms with Gasteiger partial charge in [0.25, 0.3) is 0 Å². The minimum atomic E-state index is -0.127. The number of halogens is 1. The molecule has 2 amide bonds. The Balaban J connectivity index is 2.36. The van der Waals surface area contributed by atoms with Gasteiger partial charge in [-0.3, -0.25) is 14.5 Å². The maximum Gasteiger partial charge on any atom is 0.236 e. The predicted molar refractivity (Wildman–Crippen MR) is 70.1 cm³/mol. The second-order valence-corrected chi connectivity index (χ2v) is 5.88. The van der Waals surface area contributed by atoms with Gasteiger partial charge in [-0.2, -0.15) is 0 Å². The van der Waals surface area contributed by atoms with Crippen LogP contribution < -0.4 is 0 Å². The number of hydrogen-bond donors (Lipinski definition) is 0. The summed E-state index contributed by atoms with van der Waals surface area (Å²) in [4.78, 5) is 28.7. The zero-order valence-electron chi connectivity index (χ0n) is 10.6. The van der Waals surface area contributed by atoms with Crippen LogP contribution in [0.15, 0.2) is 0 Å². The van der Waals surface area contributed by atoms with Gasteiger partial charge >= 0.3 is 0 Å². The van der Waals surface area contributed by atoms with Gasteiger partial charge in [0.15, 0.2) is 0 Å². The predicted octanol–water partition coefficient (Wildman–Crippen LogP) is 0.00220. The molecule has 0 aromatic rings. The lowest BCUT2D eigenvalue weighted by Gasteiger charge is -2.35. The van der Waals surface area contributed by atoms with Crippen LogP contribution in [0.25, 0.3) is 0 Å². The van der Waals surface area contributed by atoms with Crippen molar-refractivity contribution in [3.05, 3.63) is 0 Å². The smallest absolute Gasteiger partial charge is 0.236 e. The molecule has 1 unspecified atom stereocenters. The third-order valence-corrected chi connectivity index (χ3v) is 3.27. The zero-order valence-corrected chi connectivity index (χ0v) is 12.2. The number of rotatable bonds is 3. The van der Waals surface area contributed by atoms with Crippen LogP contribution in [0.1, 0.15) is 6.92 Å². The molecule has 1 atom stereocenters. The number of carbonyl (C=O) groups excluding carboxylic acids is 2. The van der Waals surface area contributed by atoms with E-state index in [-0.39, 0.29) is 16.6 Å². The molecule has 17 heavy (non-hydrogen) atoms. The molecule has 0 aromatic carbocycles. The van der Waals surface area contributed by atoms with Crippen LogP contribution in [0.4, 0.5) is 0 Å². The zero-order chi connectivity index (χ0) is 13.0. The van der Waals surface area contributed by atoms with Crippen LogP contribution in [0.2, 0.25) is 0 Å². The lowest BCUT2D eigenvalue weighted by atomic mass is 10.3. The van der Waals surface area contributed by atoms with Crippen LogP contribution in [0, 0.1) is 0 Å². The fraction of sp³-hybridized carbons (Fsp3) is 0.818. The Kier molecular flexibility index (Phi) is 5.39. The van der Waals surface area contributed by atoms with Crippen LogP contribution in [0.3, 0.4) is 0 Å². The van der Waals surface area contributed by atoms with E-state index in [2.05, 4.69) is 20.8 Å². The minimum Gasteiger partial charge on any atom is -0.348 e. The first-order valence-electron chi connectivity index (χ1n) is 5.77. The van der Waals surface area contributed by atoms with Crippen LogP contribution in [-0.4, -0.2) is 78.2 Å². The maximum atomic E-state index is 11.7. The van der Waals surface area contributed by atoms with Crippen LogP contribution in [-0.2, 0) is 9.59 Å². The molecule has 5 nitrogen and oxygen atoms in total. The summed E-state index contributed by atoms with van der Waals surface area (Å²) < 4.78 is 0. The summed E-state index contributed by atoms with van der Waals surface area (Å²) >= 11 is 3.28. The molecule has 1 rings (SSSR count). The molecule has 1 aliphatic heterocycles. The molecule has 6 heteroatoms. The fourth-order valence-electron chi connectivity index (χ4n) is 1.71. The van der Waals surface area contributed by atoms with Crippen molar-refractivity contribution in [2.24, 2.45) is 0 Å². The Labute approximate surface area is 111 Å². The topological polar surface area (TPSA) is 43.9 Å². The van der Waals surface area contributed by atoms with E-state index >= 15 is 0 Å². The van der Waals surface area contributed by atoms with Gasteiger partial charge in [0.2, 0.25) is 11.8 Å². The van der Waals surface area contributed by atoms with Gasteiger partial charge in [0, 0.05) is 40.3 Å². The molecule has 1 aliphatic rings. The van der Waals surface area contributed by atoms with Gasteiger partial charge in [-0.05, 0) is 6.92 Å². The first-order valence-corrected chi connectivity index (χ1v) is 6.68. The van der Waals surface area contributed by atoms with E-state index in [4.69, 9.17) is 0 Å². The summed E-state index contributed by atoms with van der Waals surface area (Å²) in [5, 5.41) is 0. The van der Waals surface area contributed by atoms with Crippen LogP contribution in [0.5, 0.6) is 0 Å². The molecule has 1 saturated heterocycles. The van der Waals surface area contributed by atoms with E-state index in [0.29, 0.717) is 19.6 Å². The molecule has 0 spiro atoms. The lowest BCUT2D eigenvalue weighted by molar-refractivity contribution is -0.133. The Morgan fingerprint density at radius 2 is 1.76 bits per heavy atom. The molecule has 0 aliphatic carbocycles. The molecule has 1 fully saturated rings. The van der Waals surface area contributed by atoms with E-state index in [9.17, 15) is 9.59 Å². The van der Waals surface area contributed by atoms with Gasteiger partial charge < -0.3 is 9.80 Å². The average molecular weight is 306 g/mol. The lowest BCUT2D eigenvalue weighted by Crippen LogP contribution is -2.52. The number of alkyl halides is 1. The van der Waals surface area contributed by atoms with E-state index in [1.54, 1.807) is 19.0 Å². The van der Waals surface area contributed by atoms with Crippen molar-refractivity contribution in [2.75, 3.05) is 46.8 Å². The standard InChI is InChI=1S/C11H20BrN3O2/c1-9(12)11(17)15-6-4-14(5-7-15)8-10(16)13(2)3/h9H,4-8H2,1-3H3. The third kappa shape index (κ3) is 4.27. The van der Waals surface area contributed by atoms with Crippen molar-refractivity contribution < 1.29 is 9.59 Å². The van der Waals surface area contributed by atoms with Gasteiger partial charge in [-0.1, -0.05) is 15.9 Å². The summed E-state index contributed by atoms with van der Waals surface area (Å²) in [6.45, 7) is 5.23. The van der Waals surface area contributed by atoms with Crippen molar-refractivity contribution in [3.8, 4) is 0 Å². The number of likely N-dealkylation sites (N-methyl/N-ethyl adjacent to an activating group) is 1. The summed E-state index contributed by atoms with van der Waals surface area (Å²) in [5.74, 6) is 0.238. The van der Waals surface area contributed by atoms with Gasteiger partial charge in [0.1, 0.15) is 0 Å². The first kappa shape index (κ1) is 14.4. The summed E-state index contributed by atoms with van der Waals surface area (Å²) in [6.07, 6.45) is 0. The van der Waals surface area contributed by atoms with E-state index in [1.165, 1.54) is 0 Å². The fourth-order valence-corrected chi connectivity index (χ4v) is 2.00. The Morgan fingerprint density at radius 3 is 2.18 bits per heavy atom. The number of piperazine rings is 1. The minimum absolute atomic E-state index is 0.110. The van der Waals surface area contributed by atoms with Gasteiger partial charge in [-0.15, -0.1) is 0 Å². The number of carbonyl (C=O) groups is 2. The van der Waals surface area contributed by atoms with E-state index in [1.807, 2.05) is 11.8 Å². The summed E-state index contributed by atoms with van der Waals surface area (Å²) in [7, 11) is 3.52. The molecular weight excluding hydrogens is 286 g/mol. The quantitative estimate of drug-likeness (QED) is 0.690. The molecule has 98 valence electrons. The highest BCUT2D eigenvalue weighted by molar-refractivity contribution is 9.10. The molecule has 0 radical (unpaired) electrons. The Hall–Kier alpha value is -0.620. The summed E-state index contributed by atoms with van der Waals surface area (Å²) in [6, 6.07) is 0. The molecule has 0 aromatic heterocycles. The monoisotopic (exact) mass is 305 g/mol. The highest BCUT2D eigenvalue weighted by atomic mass is 79.9. The molecule has 0 N–H and O–H groups in total. The maximum absolute atomic E-state index is 11.7. The largest absolute Gasteiger partial charge is 0.348 e. The van der Waals surface area contributed by atoms with Gasteiger partial charge in [0.05, 0.1) is 11.4 Å². The molecule has 0 bridgehead atoms. The number of hydrogen-bond acceptors (Lipinski definition) is 3.